The number of aliphatic imine (C=N–C) groups is 1. The number of nitrogens with one attached hydrogen (secondary N) is 1. The molecule has 0 saturated carbocycles. The molecule has 92 valence electrons. The molecule has 0 saturated heterocycles. The van der Waals surface area contributed by atoms with Crippen molar-refractivity contribution in [2.24, 2.45) is 4.99 Å². The number of nitrogens with two attached hydrogens (primary N) is 1. The highest BCUT2D eigenvalue weighted by molar-refractivity contribution is 5.85. The summed E-state index contributed by atoms with van der Waals surface area (Å²) in [5.41, 5.74) is 5.49. The second kappa shape index (κ2) is 4.70. The smallest absolute Gasteiger partial charge is 0.334 e. The van der Waals surface area contributed by atoms with E-state index < -0.39 is 11.2 Å². The van der Waals surface area contributed by atoms with E-state index in [9.17, 15) is 9.59 Å². The third kappa shape index (κ3) is 1.95. The summed E-state index contributed by atoms with van der Waals surface area (Å²) in [4.78, 5) is 29.4. The number of para-hydroxylation sites is 1. The van der Waals surface area contributed by atoms with Gasteiger partial charge in [0.25, 0.3) is 5.56 Å². The van der Waals surface area contributed by atoms with E-state index in [-0.39, 0.29) is 11.4 Å². The van der Waals surface area contributed by atoms with Gasteiger partial charge in [0, 0.05) is 13.3 Å². The van der Waals surface area contributed by atoms with E-state index in [1.54, 1.807) is 24.3 Å². The molecule has 0 amide bonds. The highest BCUT2D eigenvalue weighted by Crippen LogP contribution is 2.10. The van der Waals surface area contributed by atoms with Crippen LogP contribution in [0.3, 0.4) is 0 Å². The van der Waals surface area contributed by atoms with Gasteiger partial charge in [-0.15, -0.1) is 0 Å². The Bertz CT molecular complexity index is 698. The van der Waals surface area contributed by atoms with Gasteiger partial charge in [0.2, 0.25) is 0 Å². The van der Waals surface area contributed by atoms with Crippen LogP contribution >= 0.6 is 0 Å². The number of aromatic amines is 1. The fourth-order valence-corrected chi connectivity index (χ4v) is 1.65. The average molecular weight is 244 g/mol. The lowest BCUT2D eigenvalue weighted by molar-refractivity contribution is 0.906. The monoisotopic (exact) mass is 244 g/mol. The molecule has 0 aliphatic heterocycles. The minimum Gasteiger partial charge on any atom is -0.384 e. The maximum absolute atomic E-state index is 11.8. The Labute approximate surface area is 102 Å². The van der Waals surface area contributed by atoms with Gasteiger partial charge >= 0.3 is 5.69 Å². The van der Waals surface area contributed by atoms with Crippen LogP contribution in [-0.2, 0) is 0 Å². The molecule has 0 bridgehead atoms. The minimum absolute atomic E-state index is 0.0700. The second-order valence-corrected chi connectivity index (χ2v) is 3.62. The van der Waals surface area contributed by atoms with E-state index in [0.29, 0.717) is 5.69 Å². The largest absolute Gasteiger partial charge is 0.384 e. The fraction of sp³-hybridized carbons (Fsp3) is 0.0833. The van der Waals surface area contributed by atoms with Gasteiger partial charge in [-0.3, -0.25) is 14.8 Å². The van der Waals surface area contributed by atoms with Gasteiger partial charge in [0.15, 0.2) is 0 Å². The van der Waals surface area contributed by atoms with Gasteiger partial charge < -0.3 is 5.73 Å². The van der Waals surface area contributed by atoms with Crippen molar-refractivity contribution >= 4 is 12.0 Å². The maximum Gasteiger partial charge on any atom is 0.334 e. The van der Waals surface area contributed by atoms with Crippen LogP contribution < -0.4 is 17.0 Å². The van der Waals surface area contributed by atoms with Crippen molar-refractivity contribution < 1.29 is 0 Å². The van der Waals surface area contributed by atoms with E-state index in [2.05, 4.69) is 9.98 Å². The lowest BCUT2D eigenvalue weighted by Crippen LogP contribution is -2.33. The molecule has 0 fully saturated rings. The van der Waals surface area contributed by atoms with E-state index >= 15 is 0 Å². The highest BCUT2D eigenvalue weighted by atomic mass is 16.2. The Hall–Kier alpha value is -2.63. The average Bonchev–Trinajstić information content (AvgIpc) is 2.35. The molecule has 0 unspecified atom stereocenters. The fourth-order valence-electron chi connectivity index (χ4n) is 1.65. The first-order chi connectivity index (χ1) is 8.65. The summed E-state index contributed by atoms with van der Waals surface area (Å²) in [7, 11) is 1.52. The van der Waals surface area contributed by atoms with E-state index in [0.717, 1.165) is 0 Å². The summed E-state index contributed by atoms with van der Waals surface area (Å²) >= 11 is 0. The van der Waals surface area contributed by atoms with Crippen LogP contribution in [-0.4, -0.2) is 22.8 Å². The first kappa shape index (κ1) is 11.8. The summed E-state index contributed by atoms with van der Waals surface area (Å²) in [6, 6.07) is 8.83. The van der Waals surface area contributed by atoms with Gasteiger partial charge in [-0.25, -0.2) is 9.36 Å². The van der Waals surface area contributed by atoms with Crippen LogP contribution in [0.2, 0.25) is 0 Å². The van der Waals surface area contributed by atoms with E-state index in [1.807, 2.05) is 6.07 Å². The molecule has 0 aliphatic carbocycles. The molecule has 0 aliphatic rings. The predicted octanol–water partition coefficient (Wildman–Crippen LogP) is 0.157. The van der Waals surface area contributed by atoms with Crippen molar-refractivity contribution in [3.63, 3.8) is 0 Å². The van der Waals surface area contributed by atoms with Crippen LogP contribution in [0.25, 0.3) is 5.69 Å². The molecule has 2 rings (SSSR count). The van der Waals surface area contributed by atoms with Crippen LogP contribution in [0.4, 0.5) is 5.82 Å². The molecule has 1 heterocycles. The normalized spacial score (nSPS) is 10.9. The quantitative estimate of drug-likeness (QED) is 0.737. The van der Waals surface area contributed by atoms with Gasteiger partial charge in [-0.2, -0.15) is 0 Å². The molecular formula is C12H12N4O2. The Kier molecular flexibility index (Phi) is 3.09. The van der Waals surface area contributed by atoms with Crippen molar-refractivity contribution in [2.75, 3.05) is 12.8 Å². The molecule has 6 nitrogen and oxygen atoms in total. The zero-order chi connectivity index (χ0) is 13.1. The molecule has 1 aromatic carbocycles. The zero-order valence-corrected chi connectivity index (χ0v) is 9.75. The van der Waals surface area contributed by atoms with Crippen molar-refractivity contribution in [3.05, 3.63) is 56.7 Å². The van der Waals surface area contributed by atoms with Crippen LogP contribution in [0.1, 0.15) is 5.56 Å². The molecular weight excluding hydrogens is 232 g/mol. The van der Waals surface area contributed by atoms with Gasteiger partial charge in [0.1, 0.15) is 5.82 Å². The Morgan fingerprint density at radius 1 is 1.28 bits per heavy atom. The third-order valence-corrected chi connectivity index (χ3v) is 2.46. The van der Waals surface area contributed by atoms with Gasteiger partial charge in [-0.1, -0.05) is 18.2 Å². The van der Waals surface area contributed by atoms with E-state index in [1.165, 1.54) is 17.8 Å². The van der Waals surface area contributed by atoms with Gasteiger partial charge in [0.05, 0.1) is 11.3 Å². The number of H-pyrrole nitrogens is 1. The molecule has 0 atom stereocenters. The number of anilines is 1. The maximum atomic E-state index is 11.8. The van der Waals surface area contributed by atoms with Crippen LogP contribution in [0.15, 0.2) is 44.9 Å². The Balaban J connectivity index is 2.81. The highest BCUT2D eigenvalue weighted by Gasteiger charge is 2.11. The molecule has 0 radical (unpaired) electrons. The summed E-state index contributed by atoms with van der Waals surface area (Å²) < 4.78 is 1.23. The first-order valence-electron chi connectivity index (χ1n) is 5.27. The van der Waals surface area contributed by atoms with Crippen LogP contribution in [0.5, 0.6) is 0 Å². The Morgan fingerprint density at radius 3 is 2.56 bits per heavy atom. The number of benzene rings is 1. The number of aromatic nitrogens is 2. The Morgan fingerprint density at radius 2 is 1.94 bits per heavy atom. The summed E-state index contributed by atoms with van der Waals surface area (Å²) in [6.07, 6.45) is 1.33. The topological polar surface area (TPSA) is 93.2 Å². The molecule has 1 aromatic heterocycles. The predicted molar refractivity (Wildman–Crippen MR) is 70.6 cm³/mol. The minimum atomic E-state index is -0.572. The number of rotatable bonds is 2. The summed E-state index contributed by atoms with van der Waals surface area (Å²) in [5.74, 6) is 0.0700. The molecule has 6 heteroatoms. The van der Waals surface area contributed by atoms with Crippen molar-refractivity contribution in [3.8, 4) is 5.69 Å². The number of hydrogen-bond donors (Lipinski definition) is 2. The molecule has 18 heavy (non-hydrogen) atoms. The lowest BCUT2D eigenvalue weighted by Gasteiger charge is -2.10. The number of hydrogen-bond acceptors (Lipinski definition) is 4. The van der Waals surface area contributed by atoms with Crippen molar-refractivity contribution in [1.82, 2.24) is 9.55 Å². The molecule has 2 aromatic rings. The first-order valence-corrected chi connectivity index (χ1v) is 5.27. The van der Waals surface area contributed by atoms with Crippen molar-refractivity contribution in [1.29, 1.82) is 0 Å². The van der Waals surface area contributed by atoms with E-state index in [4.69, 9.17) is 5.73 Å². The van der Waals surface area contributed by atoms with Crippen LogP contribution in [0, 0.1) is 0 Å². The van der Waals surface area contributed by atoms with Gasteiger partial charge in [-0.05, 0) is 12.1 Å². The summed E-state index contributed by atoms with van der Waals surface area (Å²) in [6.45, 7) is 0. The standard InChI is InChI=1S/C12H12N4O2/c1-14-7-9-10(13)16(12(18)15-11(9)17)8-5-3-2-4-6-8/h2-7H,13H2,1H3,(H,15,17,18). The number of nitrogens with zero attached hydrogens (tertiary/aromatic N) is 2. The molecule has 0 spiro atoms. The van der Waals surface area contributed by atoms with Crippen molar-refractivity contribution in [2.45, 2.75) is 0 Å². The zero-order valence-electron chi connectivity index (χ0n) is 9.75. The SMILES string of the molecule is CN=Cc1c(N)n(-c2ccccc2)c(=O)[nH]c1=O. The molecule has 3 N–H and O–H groups in total. The number of nitrogen functional groups attached to an aromatic ring is 1. The summed E-state index contributed by atoms with van der Waals surface area (Å²) in [5, 5.41) is 0. The third-order valence-electron chi connectivity index (χ3n) is 2.46. The lowest BCUT2D eigenvalue weighted by atomic mass is 10.3. The second-order valence-electron chi connectivity index (χ2n) is 3.62.